The summed E-state index contributed by atoms with van der Waals surface area (Å²) in [5.74, 6) is -5.62. The monoisotopic (exact) mass is 673 g/mol. The first-order chi connectivity index (χ1) is 21.8. The number of allylic oxidation sites excluding steroid dienone is 4. The van der Waals surface area contributed by atoms with E-state index >= 15 is 4.39 Å². The minimum atomic E-state index is -2.57. The quantitative estimate of drug-likeness (QED) is 0.106. The molecular formula is C28H36FN3O15. The summed E-state index contributed by atoms with van der Waals surface area (Å²) in [6.45, 7) is 0.132. The number of hydrogen-bond acceptors (Lipinski definition) is 16. The summed E-state index contributed by atoms with van der Waals surface area (Å²) in [6, 6.07) is -1.69. The Hall–Kier alpha value is -4.07. The SMILES string of the molecule is C[C@]12C=CC(=O)C=C1CC[C@H]1[C@@H]3C[C@@H](O)[C@](O)(C(=O)COC(=O)C(N)COC(=O)CC(CO[N+](=O)[O-])O[N+](=O)[O-])[C@@]3(C)C[C@H](O)[C@@]12F. The van der Waals surface area contributed by atoms with Crippen molar-refractivity contribution in [1.82, 2.24) is 0 Å². The fourth-order valence-electron chi connectivity index (χ4n) is 7.97. The number of aliphatic hydroxyl groups excluding tert-OH is 2. The van der Waals surface area contributed by atoms with Gasteiger partial charge in [-0.2, -0.15) is 0 Å². The molecule has 0 heterocycles. The van der Waals surface area contributed by atoms with E-state index < -0.39 is 119 Å². The van der Waals surface area contributed by atoms with Crippen LogP contribution in [0.25, 0.3) is 0 Å². The van der Waals surface area contributed by atoms with Crippen LogP contribution in [0, 0.1) is 42.9 Å². The molecule has 0 saturated heterocycles. The number of ether oxygens (including phenoxy) is 2. The first-order valence-electron chi connectivity index (χ1n) is 14.7. The number of fused-ring (bicyclic) bond motifs is 5. The molecular weight excluding hydrogens is 637 g/mol. The van der Waals surface area contributed by atoms with E-state index in [0.29, 0.717) is 12.0 Å². The van der Waals surface area contributed by atoms with Gasteiger partial charge in [-0.25, -0.2) is 4.39 Å². The van der Waals surface area contributed by atoms with Crippen LogP contribution in [0.5, 0.6) is 0 Å². The fourth-order valence-corrected chi connectivity index (χ4v) is 7.97. The molecule has 0 spiro atoms. The second kappa shape index (κ2) is 12.9. The van der Waals surface area contributed by atoms with Gasteiger partial charge in [-0.05, 0) is 50.7 Å². The molecule has 3 fully saturated rings. The Balaban J connectivity index is 1.39. The van der Waals surface area contributed by atoms with Crippen molar-refractivity contribution in [2.75, 3.05) is 19.8 Å². The van der Waals surface area contributed by atoms with E-state index in [1.807, 2.05) is 0 Å². The molecule has 0 radical (unpaired) electrons. The third kappa shape index (κ3) is 6.07. The van der Waals surface area contributed by atoms with Gasteiger partial charge in [0, 0.05) is 16.7 Å². The Morgan fingerprint density at radius 1 is 1.11 bits per heavy atom. The van der Waals surface area contributed by atoms with Gasteiger partial charge in [-0.3, -0.25) is 19.2 Å². The molecule has 0 aromatic carbocycles. The average molecular weight is 674 g/mol. The number of carbonyl (C=O) groups excluding carboxylic acids is 4. The minimum Gasteiger partial charge on any atom is -0.463 e. The Bertz CT molecular complexity index is 1410. The molecule has 0 aromatic heterocycles. The maximum absolute atomic E-state index is 17.2. The van der Waals surface area contributed by atoms with E-state index in [0.717, 1.165) is 0 Å². The lowest BCUT2D eigenvalue weighted by molar-refractivity contribution is -0.789. The third-order valence-electron chi connectivity index (χ3n) is 10.4. The van der Waals surface area contributed by atoms with Crippen LogP contribution in [0.15, 0.2) is 23.8 Å². The van der Waals surface area contributed by atoms with Gasteiger partial charge in [0.25, 0.3) is 10.2 Å². The predicted octanol–water partition coefficient (Wildman–Crippen LogP) is -0.783. The molecule has 4 aliphatic carbocycles. The van der Waals surface area contributed by atoms with Crippen LogP contribution in [0.3, 0.4) is 0 Å². The van der Waals surface area contributed by atoms with E-state index in [-0.39, 0.29) is 18.6 Å². The molecule has 260 valence electrons. The molecule has 0 aromatic rings. The lowest BCUT2D eigenvalue weighted by atomic mass is 9.44. The van der Waals surface area contributed by atoms with Crippen molar-refractivity contribution in [2.45, 2.75) is 81.6 Å². The Kier molecular flexibility index (Phi) is 9.78. The van der Waals surface area contributed by atoms with Crippen molar-refractivity contribution in [3.63, 3.8) is 0 Å². The first kappa shape index (κ1) is 35.8. The maximum Gasteiger partial charge on any atom is 0.326 e. The standard InChI is InChI=1S/C28H36FN3O15/c1-25-6-5-15(33)7-14(25)3-4-17-18-9-20(34)28(39,26(18,2)10-21(35)27(17,25)29)22(36)13-45-24(38)19(30)12-44-23(37)8-16(47-32(42)43)11-46-31(40)41/h5-7,16-21,34-35,39H,3-4,8-13,30H2,1-2H3/t16?,17-,18-,19?,20+,21-,25-,26-,27-,28-/m0/s1. The number of nitrogens with zero attached hydrogens (tertiary/aromatic N) is 2. The van der Waals surface area contributed by atoms with Gasteiger partial charge in [0.2, 0.25) is 5.78 Å². The highest BCUT2D eigenvalue weighted by molar-refractivity contribution is 6.01. The highest BCUT2D eigenvalue weighted by atomic mass is 19.1. The molecule has 3 saturated carbocycles. The van der Waals surface area contributed by atoms with Crippen LogP contribution in [-0.4, -0.2) is 104 Å². The van der Waals surface area contributed by atoms with Gasteiger partial charge in [0.05, 0.1) is 18.6 Å². The summed E-state index contributed by atoms with van der Waals surface area (Å²) >= 11 is 0. The zero-order chi connectivity index (χ0) is 35.1. The minimum absolute atomic E-state index is 0.178. The van der Waals surface area contributed by atoms with Gasteiger partial charge in [0.15, 0.2) is 23.7 Å². The van der Waals surface area contributed by atoms with Crippen molar-refractivity contribution in [2.24, 2.45) is 28.4 Å². The Morgan fingerprint density at radius 3 is 2.43 bits per heavy atom. The molecule has 4 rings (SSSR count). The van der Waals surface area contributed by atoms with E-state index in [9.17, 15) is 54.7 Å². The van der Waals surface area contributed by atoms with Crippen molar-refractivity contribution >= 4 is 23.5 Å². The topological polar surface area (TPSA) is 278 Å². The largest absolute Gasteiger partial charge is 0.463 e. The van der Waals surface area contributed by atoms with Crippen LogP contribution in [0.4, 0.5) is 4.39 Å². The molecule has 47 heavy (non-hydrogen) atoms. The number of alkyl halides is 1. The number of aliphatic hydroxyl groups is 3. The fraction of sp³-hybridized carbons (Fsp3) is 0.714. The molecule has 5 N–H and O–H groups in total. The Morgan fingerprint density at radius 2 is 1.79 bits per heavy atom. The highest BCUT2D eigenvalue weighted by Crippen LogP contribution is 2.69. The van der Waals surface area contributed by atoms with Crippen molar-refractivity contribution in [3.8, 4) is 0 Å². The number of esters is 2. The van der Waals surface area contributed by atoms with Gasteiger partial charge in [0.1, 0.15) is 25.4 Å². The summed E-state index contributed by atoms with van der Waals surface area (Å²) < 4.78 is 26.9. The maximum atomic E-state index is 17.2. The zero-order valence-corrected chi connectivity index (χ0v) is 25.4. The lowest BCUT2D eigenvalue weighted by Gasteiger charge is -2.62. The summed E-state index contributed by atoms with van der Waals surface area (Å²) in [5, 5.41) is 52.4. The summed E-state index contributed by atoms with van der Waals surface area (Å²) in [5.41, 5.74) is -1.55. The van der Waals surface area contributed by atoms with Crippen LogP contribution in [-0.2, 0) is 38.3 Å². The number of carbonyl (C=O) groups is 4. The van der Waals surface area contributed by atoms with Gasteiger partial charge in [-0.15, -0.1) is 20.2 Å². The van der Waals surface area contributed by atoms with Crippen LogP contribution < -0.4 is 5.73 Å². The van der Waals surface area contributed by atoms with Gasteiger partial charge in [-0.1, -0.05) is 18.6 Å². The average Bonchev–Trinajstić information content (AvgIpc) is 3.19. The summed E-state index contributed by atoms with van der Waals surface area (Å²) in [4.78, 5) is 78.9. The molecule has 2 unspecified atom stereocenters. The number of Topliss-reactive ketones (excluding diaryl/α,β-unsaturated/α-hetero) is 1. The van der Waals surface area contributed by atoms with E-state index in [1.54, 1.807) is 6.92 Å². The van der Waals surface area contributed by atoms with Gasteiger partial charge < -0.3 is 40.2 Å². The molecule has 4 aliphatic rings. The first-order valence-corrected chi connectivity index (χ1v) is 14.7. The zero-order valence-electron chi connectivity index (χ0n) is 25.4. The molecule has 18 nitrogen and oxygen atoms in total. The molecule has 10 atom stereocenters. The summed E-state index contributed by atoms with van der Waals surface area (Å²) in [7, 11) is 0. The van der Waals surface area contributed by atoms with E-state index in [2.05, 4.69) is 9.68 Å². The number of rotatable bonds is 13. The molecule has 0 aliphatic heterocycles. The number of hydrogen-bond donors (Lipinski definition) is 4. The number of halogens is 1. The van der Waals surface area contributed by atoms with Crippen LogP contribution in [0.1, 0.15) is 46.0 Å². The predicted molar refractivity (Wildman–Crippen MR) is 149 cm³/mol. The molecule has 0 amide bonds. The Labute approximate surface area is 265 Å². The molecule has 19 heteroatoms. The third-order valence-corrected chi connectivity index (χ3v) is 10.4. The van der Waals surface area contributed by atoms with Crippen molar-refractivity contribution in [1.29, 1.82) is 0 Å². The van der Waals surface area contributed by atoms with Gasteiger partial charge >= 0.3 is 11.9 Å². The van der Waals surface area contributed by atoms with Crippen LogP contribution in [0.2, 0.25) is 0 Å². The normalized spacial score (nSPS) is 36.8. The van der Waals surface area contributed by atoms with Crippen molar-refractivity contribution < 1.29 is 68.2 Å². The second-order valence-corrected chi connectivity index (χ2v) is 12.8. The number of ketones is 2. The van der Waals surface area contributed by atoms with Crippen LogP contribution >= 0.6 is 0 Å². The highest BCUT2D eigenvalue weighted by Gasteiger charge is 2.76. The number of nitrogens with two attached hydrogens (primary N) is 1. The summed E-state index contributed by atoms with van der Waals surface area (Å²) in [6.07, 6.45) is -2.13. The molecule has 0 bridgehead atoms. The smallest absolute Gasteiger partial charge is 0.326 e. The van der Waals surface area contributed by atoms with E-state index in [4.69, 9.17) is 15.2 Å². The lowest BCUT2D eigenvalue weighted by Crippen LogP contribution is -2.69. The second-order valence-electron chi connectivity index (χ2n) is 12.8. The van der Waals surface area contributed by atoms with Crippen molar-refractivity contribution in [3.05, 3.63) is 44.0 Å². The van der Waals surface area contributed by atoms with E-state index in [1.165, 1.54) is 25.2 Å².